The number of hydrogen-bond acceptors (Lipinski definition) is 6. The summed E-state index contributed by atoms with van der Waals surface area (Å²) in [6.07, 6.45) is 13.5. The first-order valence-corrected chi connectivity index (χ1v) is 29.3. The summed E-state index contributed by atoms with van der Waals surface area (Å²) in [5, 5.41) is 7.15. The Bertz CT molecular complexity index is 2600. The number of nitrogens with zero attached hydrogens (tertiary/aromatic N) is 2. The van der Waals surface area contributed by atoms with Crippen molar-refractivity contribution in [1.82, 2.24) is 19.2 Å². The van der Waals surface area contributed by atoms with Gasteiger partial charge in [-0.1, -0.05) is 158 Å². The highest BCUT2D eigenvalue weighted by Crippen LogP contribution is 2.36. The van der Waals surface area contributed by atoms with Crippen molar-refractivity contribution < 1.29 is 26.4 Å². The van der Waals surface area contributed by atoms with Gasteiger partial charge in [0.2, 0.25) is 31.9 Å². The van der Waals surface area contributed by atoms with Gasteiger partial charge in [0, 0.05) is 35.9 Å². The zero-order valence-electron chi connectivity index (χ0n) is 41.6. The number of sulfonamides is 2. The molecule has 2 amide bonds. The molecule has 2 aliphatic heterocycles. The Morgan fingerprint density at radius 2 is 0.722 bits per heavy atom. The molecule has 2 saturated heterocycles. The van der Waals surface area contributed by atoms with E-state index in [0.29, 0.717) is 38.5 Å². The van der Waals surface area contributed by atoms with Crippen molar-refractivity contribution in [2.24, 2.45) is 0 Å². The standard InChI is InChI=1S/C60H72N4O6S2/c65-59(61-51(35-17-31-47-23-5-1-6-24-47)36-18-32-48-25-7-2-8-26-48)55-41-13-15-45-63(55)71(67,68)57-43-21-40-54-53(57)39-22-44-58(54)72(69,70)64-46-16-14-42-56(64)60(66)62-52(37-19-33-49-27-9-3-10-28-49)38-20-34-50-29-11-4-12-30-50/h1-12,21-30,39-40,43-44,51-52,55-56H,13-20,31-38,41-42,45-46H2,(H,61,65)(H,62,66). The molecule has 0 aliphatic carbocycles. The first kappa shape index (κ1) is 52.7. The molecule has 2 heterocycles. The number of hydrogen-bond donors (Lipinski definition) is 2. The van der Waals surface area contributed by atoms with Gasteiger partial charge in [-0.2, -0.15) is 8.61 Å². The van der Waals surface area contributed by atoms with Gasteiger partial charge in [-0.15, -0.1) is 0 Å². The average Bonchev–Trinajstić information content (AvgIpc) is 3.41. The minimum Gasteiger partial charge on any atom is -0.352 e. The molecule has 2 fully saturated rings. The Labute approximate surface area is 428 Å². The number of fused-ring (bicyclic) bond motifs is 1. The number of carbonyl (C=O) groups is 2. The van der Waals surface area contributed by atoms with Crippen molar-refractivity contribution in [3.8, 4) is 0 Å². The van der Waals surface area contributed by atoms with E-state index in [0.717, 1.165) is 77.0 Å². The zero-order chi connectivity index (χ0) is 50.2. The van der Waals surface area contributed by atoms with E-state index in [1.54, 1.807) is 24.3 Å². The van der Waals surface area contributed by atoms with Crippen LogP contribution in [0.1, 0.15) is 112 Å². The highest BCUT2D eigenvalue weighted by atomic mass is 32.2. The molecule has 0 aromatic heterocycles. The van der Waals surface area contributed by atoms with E-state index in [4.69, 9.17) is 0 Å². The molecule has 10 nitrogen and oxygen atoms in total. The lowest BCUT2D eigenvalue weighted by Crippen LogP contribution is -2.53. The molecule has 6 aromatic rings. The van der Waals surface area contributed by atoms with Crippen LogP contribution in [0.5, 0.6) is 0 Å². The summed E-state index contributed by atoms with van der Waals surface area (Å²) in [7, 11) is -8.60. The minimum absolute atomic E-state index is 0.0409. The molecule has 2 N–H and O–H groups in total. The summed E-state index contributed by atoms with van der Waals surface area (Å²) in [5.41, 5.74) is 4.96. The molecular formula is C60H72N4O6S2. The molecule has 2 aliphatic rings. The van der Waals surface area contributed by atoms with Crippen LogP contribution in [0.15, 0.2) is 168 Å². The number of amides is 2. The van der Waals surface area contributed by atoms with Crippen molar-refractivity contribution in [3.63, 3.8) is 0 Å². The maximum atomic E-state index is 15.0. The molecule has 380 valence electrons. The first-order valence-electron chi connectivity index (χ1n) is 26.4. The van der Waals surface area contributed by atoms with Gasteiger partial charge in [0.1, 0.15) is 12.1 Å². The molecule has 6 aromatic carbocycles. The highest BCUT2D eigenvalue weighted by Gasteiger charge is 2.41. The van der Waals surface area contributed by atoms with Crippen molar-refractivity contribution in [2.45, 2.75) is 150 Å². The van der Waals surface area contributed by atoms with Crippen LogP contribution in [0, 0.1) is 0 Å². The Balaban J connectivity index is 0.990. The Kier molecular flexibility index (Phi) is 18.9. The molecule has 72 heavy (non-hydrogen) atoms. The maximum absolute atomic E-state index is 15.0. The monoisotopic (exact) mass is 1010 g/mol. The number of benzene rings is 6. The lowest BCUT2D eigenvalue weighted by molar-refractivity contribution is -0.127. The predicted octanol–water partition coefficient (Wildman–Crippen LogP) is 11.0. The topological polar surface area (TPSA) is 133 Å². The van der Waals surface area contributed by atoms with Gasteiger partial charge in [-0.3, -0.25) is 9.59 Å². The minimum atomic E-state index is -4.30. The van der Waals surface area contributed by atoms with Crippen molar-refractivity contribution in [1.29, 1.82) is 0 Å². The van der Waals surface area contributed by atoms with Crippen LogP contribution in [0.2, 0.25) is 0 Å². The van der Waals surface area contributed by atoms with Crippen LogP contribution in [0.25, 0.3) is 10.8 Å². The highest BCUT2D eigenvalue weighted by molar-refractivity contribution is 7.90. The van der Waals surface area contributed by atoms with Gasteiger partial charge >= 0.3 is 0 Å². The first-order chi connectivity index (χ1) is 35.1. The number of carbonyl (C=O) groups excluding carboxylic acids is 2. The van der Waals surface area contributed by atoms with Gasteiger partial charge in [-0.05, 0) is 137 Å². The summed E-state index contributed by atoms with van der Waals surface area (Å²) >= 11 is 0. The fraction of sp³-hybridized carbons (Fsp3) is 0.400. The third kappa shape index (κ3) is 13.9. The number of rotatable bonds is 24. The SMILES string of the molecule is O=C(NC(CCCc1ccccc1)CCCc1ccccc1)C1CCCCN1S(=O)(=O)c1cccc2c(S(=O)(=O)N3CCCCC3C(=O)NC(CCCc3ccccc3)CCCc3ccccc3)cccc12. The molecule has 0 radical (unpaired) electrons. The van der Waals surface area contributed by atoms with Crippen LogP contribution in [0.4, 0.5) is 0 Å². The normalized spacial score (nSPS) is 17.0. The second-order valence-electron chi connectivity index (χ2n) is 19.8. The molecule has 0 saturated carbocycles. The van der Waals surface area contributed by atoms with Crippen LogP contribution in [0.3, 0.4) is 0 Å². The maximum Gasteiger partial charge on any atom is 0.244 e. The molecule has 2 unspecified atom stereocenters. The van der Waals surface area contributed by atoms with Crippen LogP contribution < -0.4 is 10.6 Å². The van der Waals surface area contributed by atoms with E-state index in [2.05, 4.69) is 59.2 Å². The summed E-state index contributed by atoms with van der Waals surface area (Å²) in [6, 6.07) is 48.6. The molecule has 0 bridgehead atoms. The number of aryl methyl sites for hydroxylation is 4. The van der Waals surface area contributed by atoms with Crippen molar-refractivity contribution >= 4 is 42.6 Å². The third-order valence-electron chi connectivity index (χ3n) is 14.7. The molecule has 0 spiro atoms. The Hall–Kier alpha value is -5.66. The van der Waals surface area contributed by atoms with Crippen molar-refractivity contribution in [3.05, 3.63) is 180 Å². The van der Waals surface area contributed by atoms with Crippen molar-refractivity contribution in [2.75, 3.05) is 13.1 Å². The van der Waals surface area contributed by atoms with E-state index in [1.165, 1.54) is 43.0 Å². The van der Waals surface area contributed by atoms with Gasteiger partial charge in [0.15, 0.2) is 0 Å². The summed E-state index contributed by atoms with van der Waals surface area (Å²) in [5.74, 6) is -0.592. The van der Waals surface area contributed by atoms with E-state index >= 15 is 16.8 Å². The zero-order valence-corrected chi connectivity index (χ0v) is 43.3. The van der Waals surface area contributed by atoms with Gasteiger partial charge < -0.3 is 10.6 Å². The summed E-state index contributed by atoms with van der Waals surface area (Å²) in [4.78, 5) is 28.8. The average molecular weight is 1010 g/mol. The van der Waals surface area contributed by atoms with Crippen LogP contribution in [-0.4, -0.2) is 74.5 Å². The van der Waals surface area contributed by atoms with Gasteiger partial charge in [-0.25, -0.2) is 16.8 Å². The van der Waals surface area contributed by atoms with E-state index in [-0.39, 0.29) is 57.6 Å². The fourth-order valence-corrected chi connectivity index (χ4v) is 14.6. The summed E-state index contributed by atoms with van der Waals surface area (Å²) in [6.45, 7) is 0.344. The Morgan fingerprint density at radius 3 is 1.03 bits per heavy atom. The largest absolute Gasteiger partial charge is 0.352 e. The Morgan fingerprint density at radius 1 is 0.417 bits per heavy atom. The molecular weight excluding hydrogens is 937 g/mol. The molecule has 8 rings (SSSR count). The summed E-state index contributed by atoms with van der Waals surface area (Å²) < 4.78 is 62.7. The van der Waals surface area contributed by atoms with Gasteiger partial charge in [0.25, 0.3) is 0 Å². The fourth-order valence-electron chi connectivity index (χ4n) is 10.8. The molecule has 12 heteroatoms. The number of piperidine rings is 2. The number of nitrogens with one attached hydrogen (secondary N) is 2. The van der Waals surface area contributed by atoms with Crippen LogP contribution in [-0.2, 0) is 55.3 Å². The third-order valence-corrected chi connectivity index (χ3v) is 18.6. The lowest BCUT2D eigenvalue weighted by atomic mass is 9.98. The smallest absolute Gasteiger partial charge is 0.244 e. The lowest BCUT2D eigenvalue weighted by Gasteiger charge is -2.35. The predicted molar refractivity (Wildman–Crippen MR) is 288 cm³/mol. The van der Waals surface area contributed by atoms with Gasteiger partial charge in [0.05, 0.1) is 9.79 Å². The van der Waals surface area contributed by atoms with E-state index < -0.39 is 32.1 Å². The van der Waals surface area contributed by atoms with E-state index in [1.807, 2.05) is 72.8 Å². The second kappa shape index (κ2) is 25.8. The second-order valence-corrected chi connectivity index (χ2v) is 23.5. The van der Waals surface area contributed by atoms with Crippen LogP contribution >= 0.6 is 0 Å². The quantitative estimate of drug-likeness (QED) is 0.0620. The van der Waals surface area contributed by atoms with E-state index in [9.17, 15) is 9.59 Å². The molecule has 2 atom stereocenters.